The van der Waals surface area contributed by atoms with E-state index in [9.17, 15) is 9.59 Å². The second-order valence-electron chi connectivity index (χ2n) is 8.70. The number of pyridine rings is 3. The fourth-order valence-electron chi connectivity index (χ4n) is 4.37. The van der Waals surface area contributed by atoms with Gasteiger partial charge in [0.05, 0.1) is 47.1 Å². The maximum absolute atomic E-state index is 12.6. The number of nitrogens with zero attached hydrogens (tertiary/aromatic N) is 3. The van der Waals surface area contributed by atoms with Gasteiger partial charge in [-0.1, -0.05) is 23.8 Å². The lowest BCUT2D eigenvalue weighted by atomic mass is 9.94. The van der Waals surface area contributed by atoms with E-state index in [0.717, 1.165) is 11.1 Å². The van der Waals surface area contributed by atoms with Crippen molar-refractivity contribution in [2.75, 3.05) is 13.2 Å². The zero-order valence-corrected chi connectivity index (χ0v) is 21.7. The highest BCUT2D eigenvalue weighted by Crippen LogP contribution is 2.30. The standard InChI is InChI=1S/C30H29N3O4/c1-6-36-29(34)21-10-11-31-25(14-21)27-16-23(30(35)37-7-2)15-26(33-27)24-9-8-22(17-32-24)28-19(4)12-18(3)13-20(28)5/h8-17H,6-7H2,1-5H3. The van der Waals surface area contributed by atoms with Crippen LogP contribution in [0.1, 0.15) is 51.3 Å². The minimum atomic E-state index is -0.475. The predicted molar refractivity (Wildman–Crippen MR) is 142 cm³/mol. The molecule has 0 amide bonds. The summed E-state index contributed by atoms with van der Waals surface area (Å²) in [7, 11) is 0. The molecule has 0 bridgehead atoms. The zero-order valence-electron chi connectivity index (χ0n) is 21.7. The Morgan fingerprint density at radius 2 is 1.30 bits per heavy atom. The topological polar surface area (TPSA) is 91.3 Å². The molecule has 0 aliphatic heterocycles. The van der Waals surface area contributed by atoms with Gasteiger partial charge >= 0.3 is 11.9 Å². The molecule has 188 valence electrons. The van der Waals surface area contributed by atoms with Gasteiger partial charge in [0.25, 0.3) is 0 Å². The first-order valence-electron chi connectivity index (χ1n) is 12.2. The molecule has 3 heterocycles. The van der Waals surface area contributed by atoms with Gasteiger partial charge in [-0.05, 0) is 81.6 Å². The number of aryl methyl sites for hydroxylation is 3. The zero-order chi connectivity index (χ0) is 26.5. The van der Waals surface area contributed by atoms with Crippen molar-refractivity contribution in [3.63, 3.8) is 0 Å². The van der Waals surface area contributed by atoms with Crippen LogP contribution in [-0.2, 0) is 9.47 Å². The largest absolute Gasteiger partial charge is 0.462 e. The van der Waals surface area contributed by atoms with E-state index in [-0.39, 0.29) is 13.2 Å². The van der Waals surface area contributed by atoms with Crippen LogP contribution in [0.3, 0.4) is 0 Å². The molecule has 0 atom stereocenters. The summed E-state index contributed by atoms with van der Waals surface area (Å²) in [6.07, 6.45) is 3.33. The Hall–Kier alpha value is -4.39. The lowest BCUT2D eigenvalue weighted by Crippen LogP contribution is -2.07. The highest BCUT2D eigenvalue weighted by atomic mass is 16.5. The molecule has 1 aromatic carbocycles. The van der Waals surface area contributed by atoms with E-state index < -0.39 is 11.9 Å². The number of esters is 2. The minimum Gasteiger partial charge on any atom is -0.462 e. The summed E-state index contributed by atoms with van der Waals surface area (Å²) in [4.78, 5) is 38.7. The molecular formula is C30H29N3O4. The van der Waals surface area contributed by atoms with Crippen LogP contribution in [0.5, 0.6) is 0 Å². The van der Waals surface area contributed by atoms with Gasteiger partial charge in [-0.3, -0.25) is 9.97 Å². The van der Waals surface area contributed by atoms with Crippen LogP contribution in [0.15, 0.2) is 60.9 Å². The molecule has 7 heteroatoms. The van der Waals surface area contributed by atoms with Crippen molar-refractivity contribution in [1.29, 1.82) is 0 Å². The van der Waals surface area contributed by atoms with Gasteiger partial charge in [0, 0.05) is 18.0 Å². The molecule has 3 aromatic heterocycles. The number of hydrogen-bond acceptors (Lipinski definition) is 7. The molecule has 0 aliphatic rings. The fraction of sp³-hybridized carbons (Fsp3) is 0.233. The van der Waals surface area contributed by atoms with Crippen LogP contribution < -0.4 is 0 Å². The van der Waals surface area contributed by atoms with Crippen LogP contribution in [0.4, 0.5) is 0 Å². The summed E-state index contributed by atoms with van der Waals surface area (Å²) in [5.41, 5.74) is 8.36. The molecule has 0 saturated carbocycles. The molecule has 0 saturated heterocycles. The Balaban J connectivity index is 1.78. The van der Waals surface area contributed by atoms with Gasteiger partial charge in [0.2, 0.25) is 0 Å². The van der Waals surface area contributed by atoms with Crippen molar-refractivity contribution >= 4 is 11.9 Å². The lowest BCUT2D eigenvalue weighted by molar-refractivity contribution is 0.0516. The van der Waals surface area contributed by atoms with Gasteiger partial charge in [-0.2, -0.15) is 0 Å². The number of benzene rings is 1. The number of carbonyl (C=O) groups excluding carboxylic acids is 2. The maximum atomic E-state index is 12.6. The van der Waals surface area contributed by atoms with Crippen molar-refractivity contribution in [2.45, 2.75) is 34.6 Å². The highest BCUT2D eigenvalue weighted by Gasteiger charge is 2.17. The van der Waals surface area contributed by atoms with Crippen LogP contribution in [0.2, 0.25) is 0 Å². The molecule has 0 aliphatic carbocycles. The third kappa shape index (κ3) is 5.72. The fourth-order valence-corrected chi connectivity index (χ4v) is 4.37. The molecular weight excluding hydrogens is 466 g/mol. The monoisotopic (exact) mass is 495 g/mol. The van der Waals surface area contributed by atoms with E-state index in [0.29, 0.717) is 33.9 Å². The Morgan fingerprint density at radius 3 is 1.89 bits per heavy atom. The summed E-state index contributed by atoms with van der Waals surface area (Å²) in [5, 5.41) is 0. The van der Waals surface area contributed by atoms with Gasteiger partial charge in [-0.15, -0.1) is 0 Å². The average molecular weight is 496 g/mol. The van der Waals surface area contributed by atoms with Crippen molar-refractivity contribution in [3.8, 4) is 33.9 Å². The first-order chi connectivity index (χ1) is 17.8. The first-order valence-corrected chi connectivity index (χ1v) is 12.2. The quantitative estimate of drug-likeness (QED) is 0.284. The third-order valence-electron chi connectivity index (χ3n) is 5.86. The summed E-state index contributed by atoms with van der Waals surface area (Å²) in [6, 6.07) is 14.6. The minimum absolute atomic E-state index is 0.241. The Morgan fingerprint density at radius 1 is 0.703 bits per heavy atom. The van der Waals surface area contributed by atoms with Crippen molar-refractivity contribution in [3.05, 3.63) is 88.7 Å². The lowest BCUT2D eigenvalue weighted by Gasteiger charge is -2.12. The first kappa shape index (κ1) is 25.7. The second kappa shape index (κ2) is 11.1. The number of carbonyl (C=O) groups is 2. The van der Waals surface area contributed by atoms with E-state index in [4.69, 9.17) is 14.5 Å². The van der Waals surface area contributed by atoms with E-state index in [2.05, 4.69) is 42.9 Å². The van der Waals surface area contributed by atoms with Gasteiger partial charge in [0.15, 0.2) is 0 Å². The smallest absolute Gasteiger partial charge is 0.338 e. The van der Waals surface area contributed by atoms with E-state index in [1.54, 1.807) is 38.1 Å². The van der Waals surface area contributed by atoms with Crippen molar-refractivity contribution in [1.82, 2.24) is 15.0 Å². The summed E-state index contributed by atoms with van der Waals surface area (Å²) < 4.78 is 10.3. The van der Waals surface area contributed by atoms with Crippen LogP contribution in [-0.4, -0.2) is 40.1 Å². The van der Waals surface area contributed by atoms with Crippen molar-refractivity contribution in [2.24, 2.45) is 0 Å². The SMILES string of the molecule is CCOC(=O)c1ccnc(-c2cc(C(=O)OCC)cc(-c3ccc(-c4c(C)cc(C)cc4C)cn3)n2)c1. The number of hydrogen-bond donors (Lipinski definition) is 0. The van der Waals surface area contributed by atoms with Gasteiger partial charge in [0.1, 0.15) is 0 Å². The molecule has 37 heavy (non-hydrogen) atoms. The number of aromatic nitrogens is 3. The second-order valence-corrected chi connectivity index (χ2v) is 8.70. The molecule has 0 radical (unpaired) electrons. The summed E-state index contributed by atoms with van der Waals surface area (Å²) in [6.45, 7) is 10.3. The summed E-state index contributed by atoms with van der Waals surface area (Å²) in [5.74, 6) is -0.927. The summed E-state index contributed by atoms with van der Waals surface area (Å²) >= 11 is 0. The molecule has 7 nitrogen and oxygen atoms in total. The van der Waals surface area contributed by atoms with Crippen LogP contribution in [0.25, 0.3) is 33.9 Å². The van der Waals surface area contributed by atoms with Crippen LogP contribution >= 0.6 is 0 Å². The molecule has 0 fully saturated rings. The molecule has 4 aromatic rings. The maximum Gasteiger partial charge on any atom is 0.338 e. The predicted octanol–water partition coefficient (Wildman–Crippen LogP) is 6.15. The van der Waals surface area contributed by atoms with E-state index >= 15 is 0 Å². The molecule has 0 N–H and O–H groups in total. The van der Waals surface area contributed by atoms with Crippen LogP contribution in [0, 0.1) is 20.8 Å². The Kier molecular flexibility index (Phi) is 7.72. The third-order valence-corrected chi connectivity index (χ3v) is 5.86. The molecule has 0 spiro atoms. The van der Waals surface area contributed by atoms with Gasteiger partial charge < -0.3 is 9.47 Å². The van der Waals surface area contributed by atoms with E-state index in [1.807, 2.05) is 18.3 Å². The Labute approximate surface area is 216 Å². The average Bonchev–Trinajstić information content (AvgIpc) is 2.88. The van der Waals surface area contributed by atoms with Crippen molar-refractivity contribution < 1.29 is 19.1 Å². The highest BCUT2D eigenvalue weighted by molar-refractivity contribution is 5.93. The molecule has 4 rings (SSSR count). The number of rotatable bonds is 7. The number of ether oxygens (including phenoxy) is 2. The van der Waals surface area contributed by atoms with Gasteiger partial charge in [-0.25, -0.2) is 14.6 Å². The van der Waals surface area contributed by atoms with E-state index in [1.165, 1.54) is 22.9 Å². The normalized spacial score (nSPS) is 10.7. The molecule has 0 unspecified atom stereocenters. The Bertz CT molecular complexity index is 1440.